The molecule has 1 saturated heterocycles. The number of alkyl halides is 3. The van der Waals surface area contributed by atoms with Gasteiger partial charge in [0.1, 0.15) is 0 Å². The first-order valence-electron chi connectivity index (χ1n) is 6.17. The Kier molecular flexibility index (Phi) is 3.93. The van der Waals surface area contributed by atoms with Crippen molar-refractivity contribution in [2.24, 2.45) is 0 Å². The summed E-state index contributed by atoms with van der Waals surface area (Å²) in [6.07, 6.45) is -5.13. The Hall–Kier alpha value is -2.43. The average Bonchev–Trinajstić information content (AvgIpc) is 2.86. The lowest BCUT2D eigenvalue weighted by Gasteiger charge is -2.17. The summed E-state index contributed by atoms with van der Waals surface area (Å²) in [4.78, 5) is 12.0. The Bertz CT molecular complexity index is 595. The lowest BCUT2D eigenvalue weighted by molar-refractivity contribution is -0.137. The summed E-state index contributed by atoms with van der Waals surface area (Å²) >= 11 is 0. The second-order valence-electron chi connectivity index (χ2n) is 4.73. The van der Waals surface area contributed by atoms with Crippen LogP contribution < -0.4 is 5.32 Å². The number of nitriles is 1. The first kappa shape index (κ1) is 15.0. The van der Waals surface area contributed by atoms with E-state index in [4.69, 9.17) is 10.4 Å². The van der Waals surface area contributed by atoms with Gasteiger partial charge in [-0.05, 0) is 24.6 Å². The highest BCUT2D eigenvalue weighted by Gasteiger charge is 2.34. The zero-order chi connectivity index (χ0) is 15.6. The molecule has 1 aliphatic rings. The van der Waals surface area contributed by atoms with Crippen molar-refractivity contribution in [2.75, 3.05) is 18.4 Å². The molecule has 1 heterocycles. The SMILES string of the molecule is N#Cc1ccc(N[C@H]2CCN(C(=O)O)C2)cc1C(F)(F)F. The van der Waals surface area contributed by atoms with Gasteiger partial charge in [-0.2, -0.15) is 18.4 Å². The molecule has 1 aliphatic heterocycles. The van der Waals surface area contributed by atoms with Crippen molar-refractivity contribution >= 4 is 11.8 Å². The smallest absolute Gasteiger partial charge is 0.417 e. The maximum atomic E-state index is 12.8. The predicted molar refractivity (Wildman–Crippen MR) is 67.8 cm³/mol. The number of amides is 1. The second kappa shape index (κ2) is 5.52. The summed E-state index contributed by atoms with van der Waals surface area (Å²) in [5.41, 5.74) is -1.21. The monoisotopic (exact) mass is 299 g/mol. The number of nitrogens with zero attached hydrogens (tertiary/aromatic N) is 2. The van der Waals surface area contributed by atoms with Gasteiger partial charge in [0.25, 0.3) is 0 Å². The fraction of sp³-hybridized carbons (Fsp3) is 0.385. The molecule has 21 heavy (non-hydrogen) atoms. The molecule has 1 atom stereocenters. The molecule has 0 aliphatic carbocycles. The molecule has 112 valence electrons. The van der Waals surface area contributed by atoms with Gasteiger partial charge in [-0.15, -0.1) is 0 Å². The summed E-state index contributed by atoms with van der Waals surface area (Å²) < 4.78 is 38.5. The molecular formula is C13H12F3N3O2. The molecule has 0 aromatic heterocycles. The molecular weight excluding hydrogens is 287 g/mol. The number of carboxylic acid groups (broad SMARTS) is 1. The van der Waals surface area contributed by atoms with Crippen molar-refractivity contribution in [1.82, 2.24) is 4.90 Å². The molecule has 1 amide bonds. The van der Waals surface area contributed by atoms with Crippen LogP contribution in [0.15, 0.2) is 18.2 Å². The van der Waals surface area contributed by atoms with Crippen molar-refractivity contribution in [2.45, 2.75) is 18.6 Å². The van der Waals surface area contributed by atoms with Crippen molar-refractivity contribution in [3.05, 3.63) is 29.3 Å². The van der Waals surface area contributed by atoms with Gasteiger partial charge in [0, 0.05) is 24.8 Å². The fourth-order valence-corrected chi connectivity index (χ4v) is 2.25. The number of rotatable bonds is 2. The Balaban J connectivity index is 2.16. The van der Waals surface area contributed by atoms with E-state index in [0.717, 1.165) is 12.1 Å². The number of carbonyl (C=O) groups is 1. The molecule has 5 nitrogen and oxygen atoms in total. The molecule has 8 heteroatoms. The summed E-state index contributed by atoms with van der Waals surface area (Å²) in [6, 6.07) is 4.64. The van der Waals surface area contributed by atoms with Crippen LogP contribution in [-0.2, 0) is 6.18 Å². The van der Waals surface area contributed by atoms with E-state index in [1.54, 1.807) is 0 Å². The topological polar surface area (TPSA) is 76.4 Å². The summed E-state index contributed by atoms with van der Waals surface area (Å²) in [7, 11) is 0. The summed E-state index contributed by atoms with van der Waals surface area (Å²) in [5.74, 6) is 0. The van der Waals surface area contributed by atoms with Gasteiger partial charge in [0.15, 0.2) is 0 Å². The third-order valence-electron chi connectivity index (χ3n) is 3.27. The number of nitrogens with one attached hydrogen (secondary N) is 1. The number of benzene rings is 1. The Morgan fingerprint density at radius 1 is 1.48 bits per heavy atom. The van der Waals surface area contributed by atoms with Crippen LogP contribution >= 0.6 is 0 Å². The van der Waals surface area contributed by atoms with Crippen LogP contribution in [0.25, 0.3) is 0 Å². The van der Waals surface area contributed by atoms with Crippen LogP contribution in [0.1, 0.15) is 17.5 Å². The van der Waals surface area contributed by atoms with E-state index in [2.05, 4.69) is 5.32 Å². The molecule has 1 fully saturated rings. The summed E-state index contributed by atoms with van der Waals surface area (Å²) in [5, 5.41) is 20.4. The van der Waals surface area contributed by atoms with E-state index in [9.17, 15) is 18.0 Å². The minimum atomic E-state index is -4.61. The van der Waals surface area contributed by atoms with Crippen molar-refractivity contribution in [3.8, 4) is 6.07 Å². The van der Waals surface area contributed by atoms with Gasteiger partial charge < -0.3 is 15.3 Å². The van der Waals surface area contributed by atoms with Crippen molar-refractivity contribution in [3.63, 3.8) is 0 Å². The van der Waals surface area contributed by atoms with Crippen molar-refractivity contribution < 1.29 is 23.1 Å². The molecule has 0 bridgehead atoms. The minimum Gasteiger partial charge on any atom is -0.465 e. The van der Waals surface area contributed by atoms with Gasteiger partial charge in [0.2, 0.25) is 0 Å². The molecule has 0 radical (unpaired) electrons. The standard InChI is InChI=1S/C13H12F3N3O2/c14-13(15,16)11-5-9(2-1-8(11)6-17)18-10-3-4-19(7-10)12(20)21/h1-2,5,10,18H,3-4,7H2,(H,20,21)/t10-/m0/s1. The van der Waals surface area contributed by atoms with Gasteiger partial charge >= 0.3 is 12.3 Å². The Morgan fingerprint density at radius 3 is 2.71 bits per heavy atom. The van der Waals surface area contributed by atoms with Crippen molar-refractivity contribution in [1.29, 1.82) is 5.26 Å². The van der Waals surface area contributed by atoms with Crippen LogP contribution in [0, 0.1) is 11.3 Å². The maximum Gasteiger partial charge on any atom is 0.417 e. The molecule has 0 spiro atoms. The predicted octanol–water partition coefficient (Wildman–Crippen LogP) is 2.74. The Morgan fingerprint density at radius 2 is 2.19 bits per heavy atom. The third-order valence-corrected chi connectivity index (χ3v) is 3.27. The van der Waals surface area contributed by atoms with Crippen LogP contribution in [0.3, 0.4) is 0 Å². The van der Waals surface area contributed by atoms with Crippen LogP contribution in [0.4, 0.5) is 23.7 Å². The molecule has 1 aromatic rings. The largest absolute Gasteiger partial charge is 0.465 e. The van der Waals surface area contributed by atoms with Gasteiger partial charge in [-0.25, -0.2) is 4.79 Å². The number of hydrogen-bond donors (Lipinski definition) is 2. The van der Waals surface area contributed by atoms with Gasteiger partial charge in [0.05, 0.1) is 17.2 Å². The van der Waals surface area contributed by atoms with E-state index < -0.39 is 23.4 Å². The van der Waals surface area contributed by atoms with Crippen LogP contribution in [0.2, 0.25) is 0 Å². The zero-order valence-electron chi connectivity index (χ0n) is 10.8. The Labute approximate surface area is 118 Å². The van der Waals surface area contributed by atoms with Gasteiger partial charge in [-0.3, -0.25) is 0 Å². The molecule has 0 unspecified atom stereocenters. The van der Waals surface area contributed by atoms with Crippen LogP contribution in [0.5, 0.6) is 0 Å². The van der Waals surface area contributed by atoms with E-state index in [-0.39, 0.29) is 18.3 Å². The average molecular weight is 299 g/mol. The molecule has 2 rings (SSSR count). The highest BCUT2D eigenvalue weighted by molar-refractivity contribution is 5.65. The fourth-order valence-electron chi connectivity index (χ4n) is 2.25. The highest BCUT2D eigenvalue weighted by atomic mass is 19.4. The molecule has 2 N–H and O–H groups in total. The highest BCUT2D eigenvalue weighted by Crippen LogP contribution is 2.33. The maximum absolute atomic E-state index is 12.8. The number of likely N-dealkylation sites (tertiary alicyclic amines) is 1. The lowest BCUT2D eigenvalue weighted by atomic mass is 10.1. The minimum absolute atomic E-state index is 0.219. The van der Waals surface area contributed by atoms with E-state index in [1.165, 1.54) is 17.0 Å². The van der Waals surface area contributed by atoms with E-state index in [1.807, 2.05) is 0 Å². The molecule has 0 saturated carbocycles. The first-order valence-corrected chi connectivity index (χ1v) is 6.17. The van der Waals surface area contributed by atoms with Crippen LogP contribution in [-0.4, -0.2) is 35.2 Å². The number of hydrogen-bond acceptors (Lipinski definition) is 3. The third kappa shape index (κ3) is 3.37. The normalized spacial score (nSPS) is 18.4. The summed E-state index contributed by atoms with van der Waals surface area (Å²) in [6.45, 7) is 0.562. The number of halogens is 3. The van der Waals surface area contributed by atoms with E-state index >= 15 is 0 Å². The number of anilines is 1. The van der Waals surface area contributed by atoms with Gasteiger partial charge in [-0.1, -0.05) is 0 Å². The second-order valence-corrected chi connectivity index (χ2v) is 4.73. The molecule has 1 aromatic carbocycles. The quantitative estimate of drug-likeness (QED) is 0.880. The lowest BCUT2D eigenvalue weighted by Crippen LogP contribution is -2.30. The van der Waals surface area contributed by atoms with E-state index in [0.29, 0.717) is 13.0 Å². The zero-order valence-corrected chi connectivity index (χ0v) is 10.8. The first-order chi connectivity index (χ1) is 9.81.